The van der Waals surface area contributed by atoms with Crippen LogP contribution in [0.1, 0.15) is 10.5 Å². The zero-order valence-electron chi connectivity index (χ0n) is 12.6. The van der Waals surface area contributed by atoms with Gasteiger partial charge < -0.3 is 9.64 Å². The summed E-state index contributed by atoms with van der Waals surface area (Å²) in [4.78, 5) is 21.7. The first-order valence-electron chi connectivity index (χ1n) is 6.81. The number of nitrogen functional groups attached to an aromatic ring is 1. The van der Waals surface area contributed by atoms with E-state index in [1.165, 1.54) is 6.20 Å². The molecule has 0 atom stereocenters. The average Bonchev–Trinajstić information content (AvgIpc) is 2.54. The Balaban J connectivity index is 2.08. The van der Waals surface area contributed by atoms with Crippen molar-refractivity contribution in [2.45, 2.75) is 0 Å². The number of likely N-dealkylation sites (N-methyl/N-ethyl adjacent to an activating group) is 1. The van der Waals surface area contributed by atoms with Crippen molar-refractivity contribution in [2.75, 3.05) is 27.2 Å². The lowest BCUT2D eigenvalue weighted by Gasteiger charge is -2.11. The summed E-state index contributed by atoms with van der Waals surface area (Å²) in [5, 5.41) is 0. The summed E-state index contributed by atoms with van der Waals surface area (Å²) in [7, 11) is 3.99. The molecule has 0 aliphatic carbocycles. The van der Waals surface area contributed by atoms with Gasteiger partial charge in [-0.2, -0.15) is 0 Å². The van der Waals surface area contributed by atoms with Gasteiger partial charge in [-0.25, -0.2) is 10.8 Å². The molecule has 2 aromatic rings. The van der Waals surface area contributed by atoms with Crippen LogP contribution in [0.5, 0.6) is 5.75 Å². The average molecular weight is 301 g/mol. The minimum Gasteiger partial charge on any atom is -0.492 e. The summed E-state index contributed by atoms with van der Waals surface area (Å²) in [5.74, 6) is 5.41. The van der Waals surface area contributed by atoms with Crippen LogP contribution >= 0.6 is 0 Å². The maximum Gasteiger partial charge on any atom is 0.285 e. The number of amides is 1. The SMILES string of the molecule is CN(C)CCOc1ccc(-c2cncc(C(=O)NN)n2)cc1. The van der Waals surface area contributed by atoms with Crippen LogP contribution < -0.4 is 16.0 Å². The van der Waals surface area contributed by atoms with E-state index in [1.807, 2.05) is 43.8 Å². The van der Waals surface area contributed by atoms with Gasteiger partial charge in [0.25, 0.3) is 5.91 Å². The highest BCUT2D eigenvalue weighted by Gasteiger charge is 2.08. The van der Waals surface area contributed by atoms with Crippen molar-refractivity contribution in [3.05, 3.63) is 42.4 Å². The quantitative estimate of drug-likeness (QED) is 0.463. The van der Waals surface area contributed by atoms with Crippen molar-refractivity contribution in [1.82, 2.24) is 20.3 Å². The van der Waals surface area contributed by atoms with Crippen LogP contribution in [0.3, 0.4) is 0 Å². The monoisotopic (exact) mass is 301 g/mol. The van der Waals surface area contributed by atoms with Crippen molar-refractivity contribution >= 4 is 5.91 Å². The van der Waals surface area contributed by atoms with Gasteiger partial charge >= 0.3 is 0 Å². The van der Waals surface area contributed by atoms with E-state index in [0.29, 0.717) is 12.3 Å². The smallest absolute Gasteiger partial charge is 0.285 e. The fourth-order valence-corrected chi connectivity index (χ4v) is 1.76. The van der Waals surface area contributed by atoms with Gasteiger partial charge in [0, 0.05) is 12.1 Å². The van der Waals surface area contributed by atoms with Gasteiger partial charge in [-0.15, -0.1) is 0 Å². The van der Waals surface area contributed by atoms with Crippen molar-refractivity contribution in [3.63, 3.8) is 0 Å². The number of hydrogen-bond donors (Lipinski definition) is 2. The van der Waals surface area contributed by atoms with Crippen molar-refractivity contribution in [1.29, 1.82) is 0 Å². The number of rotatable bonds is 6. The highest BCUT2D eigenvalue weighted by Crippen LogP contribution is 2.20. The second kappa shape index (κ2) is 7.48. The van der Waals surface area contributed by atoms with E-state index in [0.717, 1.165) is 17.9 Å². The zero-order valence-corrected chi connectivity index (χ0v) is 12.6. The van der Waals surface area contributed by atoms with E-state index in [-0.39, 0.29) is 5.69 Å². The number of carbonyl (C=O) groups is 1. The van der Waals surface area contributed by atoms with Gasteiger partial charge in [0.1, 0.15) is 18.1 Å². The fraction of sp³-hybridized carbons (Fsp3) is 0.267. The fourth-order valence-electron chi connectivity index (χ4n) is 1.76. The molecule has 22 heavy (non-hydrogen) atoms. The lowest BCUT2D eigenvalue weighted by molar-refractivity contribution is 0.0948. The third-order valence-electron chi connectivity index (χ3n) is 2.96. The van der Waals surface area contributed by atoms with Gasteiger partial charge in [-0.3, -0.25) is 15.2 Å². The van der Waals surface area contributed by atoms with E-state index in [9.17, 15) is 4.79 Å². The number of hydrogen-bond acceptors (Lipinski definition) is 6. The molecular weight excluding hydrogens is 282 g/mol. The topological polar surface area (TPSA) is 93.4 Å². The number of carbonyl (C=O) groups excluding carboxylic acids is 1. The molecule has 0 fully saturated rings. The van der Waals surface area contributed by atoms with Crippen LogP contribution in [0.2, 0.25) is 0 Å². The van der Waals surface area contributed by atoms with Crippen molar-refractivity contribution in [3.8, 4) is 17.0 Å². The number of aromatic nitrogens is 2. The second-order valence-electron chi connectivity index (χ2n) is 4.94. The van der Waals surface area contributed by atoms with Crippen LogP contribution in [-0.4, -0.2) is 48.0 Å². The van der Waals surface area contributed by atoms with E-state index < -0.39 is 5.91 Å². The molecule has 0 saturated heterocycles. The Labute approximate surface area is 129 Å². The normalized spacial score (nSPS) is 10.5. The number of ether oxygens (including phenoxy) is 1. The Morgan fingerprint density at radius 3 is 2.64 bits per heavy atom. The number of nitrogens with zero attached hydrogens (tertiary/aromatic N) is 3. The lowest BCUT2D eigenvalue weighted by Crippen LogP contribution is -2.30. The molecule has 3 N–H and O–H groups in total. The molecule has 0 unspecified atom stereocenters. The second-order valence-corrected chi connectivity index (χ2v) is 4.94. The number of hydrazine groups is 1. The molecule has 0 saturated carbocycles. The molecule has 1 aromatic heterocycles. The zero-order chi connectivity index (χ0) is 15.9. The number of nitrogens with two attached hydrogens (primary N) is 1. The molecule has 2 rings (SSSR count). The first kappa shape index (κ1) is 15.9. The largest absolute Gasteiger partial charge is 0.492 e. The summed E-state index contributed by atoms with van der Waals surface area (Å²) in [6, 6.07) is 7.48. The summed E-state index contributed by atoms with van der Waals surface area (Å²) in [6.07, 6.45) is 2.96. The van der Waals surface area contributed by atoms with Gasteiger partial charge in [0.2, 0.25) is 0 Å². The molecule has 0 spiro atoms. The minimum atomic E-state index is -0.474. The van der Waals surface area contributed by atoms with Crippen LogP contribution in [0.15, 0.2) is 36.7 Å². The Morgan fingerprint density at radius 2 is 2.00 bits per heavy atom. The van der Waals surface area contributed by atoms with E-state index in [4.69, 9.17) is 10.6 Å². The summed E-state index contributed by atoms with van der Waals surface area (Å²) in [6.45, 7) is 1.47. The first-order valence-corrected chi connectivity index (χ1v) is 6.81. The first-order chi connectivity index (χ1) is 10.6. The maximum atomic E-state index is 11.5. The highest BCUT2D eigenvalue weighted by atomic mass is 16.5. The molecule has 116 valence electrons. The van der Waals surface area contributed by atoms with Gasteiger partial charge in [-0.05, 0) is 38.4 Å². The van der Waals surface area contributed by atoms with Crippen LogP contribution in [-0.2, 0) is 0 Å². The van der Waals surface area contributed by atoms with Crippen molar-refractivity contribution in [2.24, 2.45) is 5.84 Å². The molecule has 0 radical (unpaired) electrons. The maximum absolute atomic E-state index is 11.5. The van der Waals surface area contributed by atoms with Gasteiger partial charge in [0.05, 0.1) is 18.1 Å². The molecular formula is C15H19N5O2. The van der Waals surface area contributed by atoms with Crippen LogP contribution in [0, 0.1) is 0 Å². The number of benzene rings is 1. The molecule has 1 aromatic carbocycles. The molecule has 0 bridgehead atoms. The Bertz CT molecular complexity index is 628. The predicted molar refractivity (Wildman–Crippen MR) is 83.2 cm³/mol. The third kappa shape index (κ3) is 4.24. The van der Waals surface area contributed by atoms with E-state index in [1.54, 1.807) is 6.20 Å². The highest BCUT2D eigenvalue weighted by molar-refractivity contribution is 5.91. The Kier molecular flexibility index (Phi) is 5.40. The summed E-state index contributed by atoms with van der Waals surface area (Å²) in [5.41, 5.74) is 3.65. The molecule has 1 amide bonds. The van der Waals surface area contributed by atoms with Gasteiger partial charge in [0.15, 0.2) is 0 Å². The molecule has 1 heterocycles. The molecule has 0 aliphatic heterocycles. The molecule has 7 nitrogen and oxygen atoms in total. The van der Waals surface area contributed by atoms with Crippen LogP contribution in [0.25, 0.3) is 11.3 Å². The molecule has 0 aliphatic rings. The third-order valence-corrected chi connectivity index (χ3v) is 2.96. The summed E-state index contributed by atoms with van der Waals surface area (Å²) >= 11 is 0. The minimum absolute atomic E-state index is 0.173. The van der Waals surface area contributed by atoms with E-state index >= 15 is 0 Å². The van der Waals surface area contributed by atoms with Crippen LogP contribution in [0.4, 0.5) is 0 Å². The number of nitrogens with one attached hydrogen (secondary N) is 1. The van der Waals surface area contributed by atoms with E-state index in [2.05, 4.69) is 14.9 Å². The summed E-state index contributed by atoms with van der Waals surface area (Å²) < 4.78 is 5.63. The standard InChI is InChI=1S/C15H19N5O2/c1-20(2)7-8-22-12-5-3-11(4-6-12)13-9-17-10-14(18-13)15(21)19-16/h3-6,9-10H,7-8,16H2,1-2H3,(H,19,21). The van der Waals surface area contributed by atoms with Gasteiger partial charge in [-0.1, -0.05) is 0 Å². The molecule has 7 heteroatoms. The Hall–Kier alpha value is -2.51. The lowest BCUT2D eigenvalue weighted by atomic mass is 10.1. The predicted octanol–water partition coefficient (Wildman–Crippen LogP) is 0.688. The Morgan fingerprint density at radius 1 is 1.27 bits per heavy atom. The van der Waals surface area contributed by atoms with Crippen molar-refractivity contribution < 1.29 is 9.53 Å².